The SMILES string of the molecule is C=CCn1c(SCC(=O)N2CC(C)OC(C)C2)nc2sc(C)c(C)c2c1=O. The molecule has 1 aliphatic rings. The number of ether oxygens (including phenoxy) is 1. The second-order valence-corrected chi connectivity index (χ2v) is 9.05. The second-order valence-electron chi connectivity index (χ2n) is 6.91. The Morgan fingerprint density at radius 3 is 2.67 bits per heavy atom. The molecule has 1 fully saturated rings. The molecule has 2 atom stereocenters. The minimum atomic E-state index is -0.0645. The predicted octanol–water partition coefficient (Wildman–Crippen LogP) is 2.99. The van der Waals surface area contributed by atoms with Gasteiger partial charge in [-0.1, -0.05) is 17.8 Å². The fraction of sp³-hybridized carbons (Fsp3) is 0.526. The Morgan fingerprint density at radius 1 is 1.37 bits per heavy atom. The van der Waals surface area contributed by atoms with E-state index in [1.54, 1.807) is 10.6 Å². The number of nitrogens with zero attached hydrogens (tertiary/aromatic N) is 3. The topological polar surface area (TPSA) is 64.4 Å². The van der Waals surface area contributed by atoms with Gasteiger partial charge in [0.05, 0.1) is 23.3 Å². The standard InChI is InChI=1S/C19H25N3O3S2/c1-6-7-22-18(24)16-13(4)14(5)27-17(16)20-19(22)26-10-15(23)21-8-11(2)25-12(3)9-21/h6,11-12H,1,7-10H2,2-5H3. The quantitative estimate of drug-likeness (QED) is 0.433. The van der Waals surface area contributed by atoms with E-state index in [-0.39, 0.29) is 29.4 Å². The van der Waals surface area contributed by atoms with Crippen LogP contribution < -0.4 is 5.56 Å². The van der Waals surface area contributed by atoms with E-state index in [4.69, 9.17) is 4.74 Å². The zero-order chi connectivity index (χ0) is 19.7. The molecule has 146 valence electrons. The third kappa shape index (κ3) is 4.12. The minimum Gasteiger partial charge on any atom is -0.372 e. The largest absolute Gasteiger partial charge is 0.372 e. The summed E-state index contributed by atoms with van der Waals surface area (Å²) >= 11 is 2.84. The summed E-state index contributed by atoms with van der Waals surface area (Å²) in [7, 11) is 0. The van der Waals surface area contributed by atoms with Gasteiger partial charge in [0.25, 0.3) is 5.56 Å². The Hall–Kier alpha value is -1.64. The van der Waals surface area contributed by atoms with Gasteiger partial charge in [0, 0.05) is 24.5 Å². The summed E-state index contributed by atoms with van der Waals surface area (Å²) < 4.78 is 7.30. The molecule has 2 aromatic rings. The molecule has 0 saturated carbocycles. The van der Waals surface area contributed by atoms with Crippen LogP contribution >= 0.6 is 23.1 Å². The lowest BCUT2D eigenvalue weighted by Crippen LogP contribution is -2.48. The molecular weight excluding hydrogens is 382 g/mol. The van der Waals surface area contributed by atoms with Gasteiger partial charge in [-0.2, -0.15) is 0 Å². The predicted molar refractivity (Wildman–Crippen MR) is 111 cm³/mol. The van der Waals surface area contributed by atoms with Gasteiger partial charge < -0.3 is 9.64 Å². The number of rotatable bonds is 5. The number of aromatic nitrogens is 2. The maximum absolute atomic E-state index is 13.0. The van der Waals surface area contributed by atoms with Gasteiger partial charge in [-0.25, -0.2) is 4.98 Å². The first-order chi connectivity index (χ1) is 12.8. The van der Waals surface area contributed by atoms with Crippen LogP contribution in [0.4, 0.5) is 0 Å². The number of hydrogen-bond acceptors (Lipinski definition) is 6. The molecule has 1 saturated heterocycles. The first-order valence-corrected chi connectivity index (χ1v) is 10.8. The molecule has 0 aliphatic carbocycles. The van der Waals surface area contributed by atoms with Crippen molar-refractivity contribution in [2.45, 2.75) is 51.6 Å². The van der Waals surface area contributed by atoms with Crippen LogP contribution in [0.25, 0.3) is 10.2 Å². The number of aryl methyl sites for hydroxylation is 2. The Bertz CT molecular complexity index is 924. The normalized spacial score (nSPS) is 20.2. The van der Waals surface area contributed by atoms with Crippen molar-refractivity contribution in [1.82, 2.24) is 14.5 Å². The summed E-state index contributed by atoms with van der Waals surface area (Å²) in [6.07, 6.45) is 1.75. The lowest BCUT2D eigenvalue weighted by molar-refractivity contribution is -0.140. The van der Waals surface area contributed by atoms with Crippen LogP contribution in [-0.4, -0.2) is 51.4 Å². The number of allylic oxidation sites excluding steroid dienone is 1. The smallest absolute Gasteiger partial charge is 0.263 e. The number of thioether (sulfide) groups is 1. The maximum Gasteiger partial charge on any atom is 0.263 e. The minimum absolute atomic E-state index is 0.0354. The van der Waals surface area contributed by atoms with E-state index < -0.39 is 0 Å². The molecule has 1 amide bonds. The summed E-state index contributed by atoms with van der Waals surface area (Å²) in [4.78, 5) is 34.0. The van der Waals surface area contributed by atoms with Gasteiger partial charge in [-0.05, 0) is 33.3 Å². The zero-order valence-electron chi connectivity index (χ0n) is 16.2. The first kappa shape index (κ1) is 20.1. The Labute approximate surface area is 167 Å². The summed E-state index contributed by atoms with van der Waals surface area (Å²) in [5.41, 5.74) is 0.916. The summed E-state index contributed by atoms with van der Waals surface area (Å²) in [6.45, 7) is 13.2. The van der Waals surface area contributed by atoms with E-state index in [1.165, 1.54) is 23.1 Å². The second kappa shape index (κ2) is 8.16. The summed E-state index contributed by atoms with van der Waals surface area (Å²) in [5, 5.41) is 1.24. The van der Waals surface area contributed by atoms with Crippen molar-refractivity contribution in [1.29, 1.82) is 0 Å². The number of carbonyl (C=O) groups is 1. The number of fused-ring (bicyclic) bond motifs is 1. The van der Waals surface area contributed by atoms with Gasteiger partial charge >= 0.3 is 0 Å². The molecule has 6 nitrogen and oxygen atoms in total. The number of carbonyl (C=O) groups excluding carboxylic acids is 1. The third-order valence-electron chi connectivity index (χ3n) is 4.66. The molecule has 0 N–H and O–H groups in total. The van der Waals surface area contributed by atoms with Crippen LogP contribution in [0.15, 0.2) is 22.6 Å². The summed E-state index contributed by atoms with van der Waals surface area (Å²) in [6, 6.07) is 0. The van der Waals surface area contributed by atoms with E-state index in [1.807, 2.05) is 32.6 Å². The first-order valence-electron chi connectivity index (χ1n) is 8.99. The highest BCUT2D eigenvalue weighted by molar-refractivity contribution is 7.99. The van der Waals surface area contributed by atoms with Crippen LogP contribution in [0.3, 0.4) is 0 Å². The van der Waals surface area contributed by atoms with E-state index in [2.05, 4.69) is 11.6 Å². The number of thiophene rings is 1. The Kier molecular flexibility index (Phi) is 6.08. The number of morpholine rings is 1. The van der Waals surface area contributed by atoms with Gasteiger partial charge in [0.15, 0.2) is 5.16 Å². The average molecular weight is 408 g/mol. The highest BCUT2D eigenvalue weighted by atomic mass is 32.2. The molecule has 8 heteroatoms. The van der Waals surface area contributed by atoms with Crippen LogP contribution in [0, 0.1) is 13.8 Å². The Balaban J connectivity index is 1.85. The highest BCUT2D eigenvalue weighted by Gasteiger charge is 2.26. The lowest BCUT2D eigenvalue weighted by Gasteiger charge is -2.35. The molecule has 2 unspecified atom stereocenters. The van der Waals surface area contributed by atoms with Crippen molar-refractivity contribution in [3.8, 4) is 0 Å². The monoisotopic (exact) mass is 407 g/mol. The third-order valence-corrected chi connectivity index (χ3v) is 6.72. The molecule has 0 spiro atoms. The van der Waals surface area contributed by atoms with E-state index >= 15 is 0 Å². The molecule has 3 rings (SSSR count). The van der Waals surface area contributed by atoms with Crippen molar-refractivity contribution in [3.05, 3.63) is 33.4 Å². The fourth-order valence-electron chi connectivity index (χ4n) is 3.31. The van der Waals surface area contributed by atoms with Crippen molar-refractivity contribution < 1.29 is 9.53 Å². The van der Waals surface area contributed by atoms with Crippen LogP contribution in [0.5, 0.6) is 0 Å². The molecule has 1 aliphatic heterocycles. The van der Waals surface area contributed by atoms with Crippen molar-refractivity contribution >= 4 is 39.2 Å². The van der Waals surface area contributed by atoms with Gasteiger partial charge in [0.2, 0.25) is 5.91 Å². The molecule has 2 aromatic heterocycles. The van der Waals surface area contributed by atoms with E-state index in [0.29, 0.717) is 30.2 Å². The highest BCUT2D eigenvalue weighted by Crippen LogP contribution is 2.28. The molecule has 0 bridgehead atoms. The van der Waals surface area contributed by atoms with Gasteiger partial charge in [-0.3, -0.25) is 14.2 Å². The number of amides is 1. The van der Waals surface area contributed by atoms with Gasteiger partial charge in [-0.15, -0.1) is 17.9 Å². The van der Waals surface area contributed by atoms with E-state index in [0.717, 1.165) is 15.3 Å². The van der Waals surface area contributed by atoms with Crippen molar-refractivity contribution in [2.75, 3.05) is 18.8 Å². The van der Waals surface area contributed by atoms with Crippen LogP contribution in [0.1, 0.15) is 24.3 Å². The maximum atomic E-state index is 13.0. The van der Waals surface area contributed by atoms with E-state index in [9.17, 15) is 9.59 Å². The summed E-state index contributed by atoms with van der Waals surface area (Å²) in [5.74, 6) is 0.290. The van der Waals surface area contributed by atoms with Crippen LogP contribution in [-0.2, 0) is 16.1 Å². The zero-order valence-corrected chi connectivity index (χ0v) is 17.8. The van der Waals surface area contributed by atoms with Crippen molar-refractivity contribution in [2.24, 2.45) is 0 Å². The lowest BCUT2D eigenvalue weighted by atomic mass is 10.2. The molecule has 3 heterocycles. The fourth-order valence-corrected chi connectivity index (χ4v) is 5.29. The molecule has 27 heavy (non-hydrogen) atoms. The number of hydrogen-bond donors (Lipinski definition) is 0. The Morgan fingerprint density at radius 2 is 2.04 bits per heavy atom. The molecule has 0 radical (unpaired) electrons. The average Bonchev–Trinajstić information content (AvgIpc) is 2.89. The molecular formula is C19H25N3O3S2. The van der Waals surface area contributed by atoms with Crippen molar-refractivity contribution in [3.63, 3.8) is 0 Å². The van der Waals surface area contributed by atoms with Crippen LogP contribution in [0.2, 0.25) is 0 Å². The van der Waals surface area contributed by atoms with Gasteiger partial charge in [0.1, 0.15) is 4.83 Å². The molecule has 0 aromatic carbocycles.